The fraction of sp³-hybridized carbons (Fsp3) is 0.0244. The Hall–Kier alpha value is -5.38. The van der Waals surface area contributed by atoms with Gasteiger partial charge in [0, 0.05) is 33.7 Å². The summed E-state index contributed by atoms with van der Waals surface area (Å²) in [6.07, 6.45) is 4.43. The summed E-state index contributed by atoms with van der Waals surface area (Å²) in [4.78, 5) is 3.66. The van der Waals surface area contributed by atoms with Crippen LogP contribution in [0.3, 0.4) is 0 Å². The summed E-state index contributed by atoms with van der Waals surface area (Å²) in [6.45, 7) is 0.877. The van der Waals surface area contributed by atoms with Crippen LogP contribution < -0.4 is 10.2 Å². The van der Waals surface area contributed by atoms with Crippen molar-refractivity contribution in [1.82, 2.24) is 0 Å². The molecule has 44 heavy (non-hydrogen) atoms. The molecule has 0 radical (unpaired) electrons. The minimum Gasteiger partial charge on any atom is -0.380 e. The lowest BCUT2D eigenvalue weighted by molar-refractivity contribution is 1.29. The standard InChI is InChI=1S/C41H30N2S/c1-3-8-29(9-4-1)31-13-15-32(16-14-31)34-19-23-36(24-20-34)43(35-21-17-33(18-22-35)30-10-5-2-6-11-30)37-25-26-38-40(28-37)44-39-12-7-27-42-41(38)39/h1-26,28,42H,27H2. The Bertz CT molecular complexity index is 2070. The number of hydrogen-bond acceptors (Lipinski definition) is 3. The summed E-state index contributed by atoms with van der Waals surface area (Å²) >= 11 is 1.84. The molecule has 8 rings (SSSR count). The summed E-state index contributed by atoms with van der Waals surface area (Å²) in [6, 6.07) is 54.6. The van der Waals surface area contributed by atoms with Crippen LogP contribution >= 0.6 is 11.3 Å². The van der Waals surface area contributed by atoms with Gasteiger partial charge in [-0.1, -0.05) is 115 Å². The van der Waals surface area contributed by atoms with Crippen LogP contribution in [0.2, 0.25) is 0 Å². The number of fused-ring (bicyclic) bond motifs is 3. The average molecular weight is 583 g/mol. The van der Waals surface area contributed by atoms with Gasteiger partial charge in [0.2, 0.25) is 0 Å². The van der Waals surface area contributed by atoms with Crippen molar-refractivity contribution in [3.8, 4) is 33.4 Å². The van der Waals surface area contributed by atoms with Crippen molar-refractivity contribution in [3.05, 3.63) is 163 Å². The second-order valence-corrected chi connectivity index (χ2v) is 12.1. The first-order valence-corrected chi connectivity index (χ1v) is 15.8. The van der Waals surface area contributed by atoms with Crippen molar-refractivity contribution in [2.24, 2.45) is 0 Å². The Morgan fingerprint density at radius 3 is 1.45 bits per heavy atom. The highest BCUT2D eigenvalue weighted by molar-refractivity contribution is 7.20. The first kappa shape index (κ1) is 26.3. The monoisotopic (exact) mass is 582 g/mol. The third kappa shape index (κ3) is 4.98. The number of benzene rings is 6. The van der Waals surface area contributed by atoms with E-state index in [0.29, 0.717) is 0 Å². The molecule has 1 N–H and O–H groups in total. The minimum absolute atomic E-state index is 0.877. The smallest absolute Gasteiger partial charge is 0.0605 e. The molecule has 0 amide bonds. The van der Waals surface area contributed by atoms with E-state index in [9.17, 15) is 0 Å². The van der Waals surface area contributed by atoms with Gasteiger partial charge in [0.1, 0.15) is 0 Å². The largest absolute Gasteiger partial charge is 0.380 e. The van der Waals surface area contributed by atoms with Gasteiger partial charge in [-0.15, -0.1) is 11.3 Å². The molecule has 0 aliphatic carbocycles. The number of nitrogens with one attached hydrogen (secondary N) is 1. The van der Waals surface area contributed by atoms with Gasteiger partial charge < -0.3 is 10.2 Å². The molecule has 0 atom stereocenters. The summed E-state index contributed by atoms with van der Waals surface area (Å²) in [7, 11) is 0. The zero-order valence-electron chi connectivity index (χ0n) is 24.2. The van der Waals surface area contributed by atoms with Gasteiger partial charge in [0.25, 0.3) is 0 Å². The molecular formula is C41H30N2S. The highest BCUT2D eigenvalue weighted by atomic mass is 32.1. The molecule has 3 heteroatoms. The second kappa shape index (κ2) is 11.4. The first-order chi connectivity index (χ1) is 21.8. The first-order valence-electron chi connectivity index (χ1n) is 15.0. The van der Waals surface area contributed by atoms with Crippen molar-refractivity contribution in [2.45, 2.75) is 0 Å². The van der Waals surface area contributed by atoms with E-state index in [4.69, 9.17) is 0 Å². The third-order valence-corrected chi connectivity index (χ3v) is 9.43. The van der Waals surface area contributed by atoms with Crippen LogP contribution in [-0.4, -0.2) is 6.54 Å². The van der Waals surface area contributed by atoms with E-state index < -0.39 is 0 Å². The Kier molecular flexibility index (Phi) is 6.78. The maximum Gasteiger partial charge on any atom is 0.0605 e. The molecule has 0 bridgehead atoms. The van der Waals surface area contributed by atoms with E-state index in [-0.39, 0.29) is 0 Å². The van der Waals surface area contributed by atoms with Crippen LogP contribution in [-0.2, 0) is 0 Å². The lowest BCUT2D eigenvalue weighted by atomic mass is 10.00. The van der Waals surface area contributed by atoms with Crippen LogP contribution in [0.5, 0.6) is 0 Å². The number of rotatable bonds is 6. The molecule has 1 aliphatic rings. The Morgan fingerprint density at radius 2 is 0.932 bits per heavy atom. The molecule has 210 valence electrons. The zero-order chi connectivity index (χ0) is 29.3. The van der Waals surface area contributed by atoms with Crippen LogP contribution in [0.4, 0.5) is 22.7 Å². The molecule has 0 saturated carbocycles. The van der Waals surface area contributed by atoms with E-state index >= 15 is 0 Å². The van der Waals surface area contributed by atoms with Crippen LogP contribution in [0.25, 0.3) is 49.5 Å². The highest BCUT2D eigenvalue weighted by Gasteiger charge is 2.17. The Labute approximate surface area is 262 Å². The number of nitrogens with zero attached hydrogens (tertiary/aromatic N) is 1. The summed E-state index contributed by atoms with van der Waals surface area (Å²) in [5, 5.41) is 4.85. The molecule has 0 unspecified atom stereocenters. The lowest BCUT2D eigenvalue weighted by Gasteiger charge is -2.26. The van der Waals surface area contributed by atoms with Gasteiger partial charge in [-0.25, -0.2) is 0 Å². The van der Waals surface area contributed by atoms with E-state index in [1.165, 1.54) is 54.0 Å². The number of hydrogen-bond donors (Lipinski definition) is 1. The van der Waals surface area contributed by atoms with E-state index in [1.54, 1.807) is 0 Å². The average Bonchev–Trinajstić information content (AvgIpc) is 3.48. The molecule has 1 aromatic heterocycles. The zero-order valence-corrected chi connectivity index (χ0v) is 25.0. The van der Waals surface area contributed by atoms with E-state index in [1.807, 2.05) is 11.3 Å². The van der Waals surface area contributed by atoms with Crippen LogP contribution in [0, 0.1) is 0 Å². The van der Waals surface area contributed by atoms with Gasteiger partial charge in [-0.2, -0.15) is 0 Å². The van der Waals surface area contributed by atoms with Crippen molar-refractivity contribution in [2.75, 3.05) is 16.8 Å². The highest BCUT2D eigenvalue weighted by Crippen LogP contribution is 2.43. The summed E-state index contributed by atoms with van der Waals surface area (Å²) < 4.78 is 1.28. The Morgan fingerprint density at radius 1 is 0.477 bits per heavy atom. The number of thiophene rings is 1. The molecule has 1 aliphatic heterocycles. The molecule has 0 saturated heterocycles. The van der Waals surface area contributed by atoms with Gasteiger partial charge in [0.15, 0.2) is 0 Å². The molecule has 7 aromatic rings. The van der Waals surface area contributed by atoms with Crippen molar-refractivity contribution < 1.29 is 0 Å². The van der Waals surface area contributed by atoms with Gasteiger partial charge in [-0.3, -0.25) is 0 Å². The van der Waals surface area contributed by atoms with Crippen molar-refractivity contribution >= 4 is 50.2 Å². The predicted molar refractivity (Wildman–Crippen MR) is 190 cm³/mol. The predicted octanol–water partition coefficient (Wildman–Crippen LogP) is 11.8. The van der Waals surface area contributed by atoms with E-state index in [2.05, 4.69) is 174 Å². The van der Waals surface area contributed by atoms with Crippen LogP contribution in [0.15, 0.2) is 158 Å². The van der Waals surface area contributed by atoms with Gasteiger partial charge in [0.05, 0.1) is 10.6 Å². The lowest BCUT2D eigenvalue weighted by Crippen LogP contribution is -2.09. The van der Waals surface area contributed by atoms with Crippen molar-refractivity contribution in [3.63, 3.8) is 0 Å². The Balaban J connectivity index is 1.17. The molecule has 6 aromatic carbocycles. The molecule has 2 nitrogen and oxygen atoms in total. The van der Waals surface area contributed by atoms with E-state index in [0.717, 1.165) is 23.6 Å². The fourth-order valence-corrected chi connectivity index (χ4v) is 7.18. The van der Waals surface area contributed by atoms with Crippen LogP contribution in [0.1, 0.15) is 4.88 Å². The number of anilines is 4. The maximum absolute atomic E-state index is 3.56. The molecule has 0 fully saturated rings. The molecule has 0 spiro atoms. The summed E-state index contributed by atoms with van der Waals surface area (Å²) in [5.41, 5.74) is 12.0. The minimum atomic E-state index is 0.877. The fourth-order valence-electron chi connectivity index (χ4n) is 6.04. The summed E-state index contributed by atoms with van der Waals surface area (Å²) in [5.74, 6) is 0. The normalized spacial score (nSPS) is 12.1. The quantitative estimate of drug-likeness (QED) is 0.210. The third-order valence-electron chi connectivity index (χ3n) is 8.31. The molecule has 2 heterocycles. The van der Waals surface area contributed by atoms with Gasteiger partial charge >= 0.3 is 0 Å². The SMILES string of the molecule is C1=Cc2sc3cc(N(c4ccc(-c5ccccc5)cc4)c4ccc(-c5ccc(-c6ccccc6)cc5)cc4)ccc3c2NC1. The molecular weight excluding hydrogens is 553 g/mol. The second-order valence-electron chi connectivity index (χ2n) is 11.0. The van der Waals surface area contributed by atoms with Gasteiger partial charge in [-0.05, 0) is 81.9 Å². The maximum atomic E-state index is 3.56. The topological polar surface area (TPSA) is 15.3 Å². The van der Waals surface area contributed by atoms with Crippen molar-refractivity contribution in [1.29, 1.82) is 0 Å².